The maximum absolute atomic E-state index is 15.6. The number of ether oxygens (including phenoxy) is 3. The topological polar surface area (TPSA) is 98.3 Å². The van der Waals surface area contributed by atoms with Crippen molar-refractivity contribution in [2.75, 3.05) is 25.7 Å². The summed E-state index contributed by atoms with van der Waals surface area (Å²) in [5.74, 6) is 0.425. The average molecular weight is 628 g/mol. The van der Waals surface area contributed by atoms with Gasteiger partial charge in [0.2, 0.25) is 0 Å². The van der Waals surface area contributed by atoms with Crippen molar-refractivity contribution in [3.63, 3.8) is 0 Å². The van der Waals surface area contributed by atoms with Gasteiger partial charge in [0.05, 0.1) is 25.2 Å². The molecule has 0 radical (unpaired) electrons. The van der Waals surface area contributed by atoms with E-state index >= 15 is 4.39 Å². The molecule has 4 aromatic carbocycles. The lowest BCUT2D eigenvalue weighted by Crippen LogP contribution is -2.41. The van der Waals surface area contributed by atoms with Gasteiger partial charge in [0.1, 0.15) is 11.3 Å². The van der Waals surface area contributed by atoms with E-state index in [-0.39, 0.29) is 22.9 Å². The number of carbonyl (C=O) groups is 1. The number of aromatic nitrogens is 1. The fourth-order valence-electron chi connectivity index (χ4n) is 5.47. The molecule has 1 atom stereocenters. The van der Waals surface area contributed by atoms with Crippen LogP contribution < -0.4 is 19.1 Å². The number of hydrogen-bond donors (Lipinski definition) is 0. The lowest BCUT2D eigenvalue weighted by molar-refractivity contribution is 0.234. The van der Waals surface area contributed by atoms with Crippen LogP contribution in [0.5, 0.6) is 23.0 Å². The van der Waals surface area contributed by atoms with Crippen LogP contribution in [0.3, 0.4) is 0 Å². The van der Waals surface area contributed by atoms with Gasteiger partial charge in [-0.1, -0.05) is 48.0 Å². The number of sulfonamides is 1. The predicted molar refractivity (Wildman–Crippen MR) is 168 cm³/mol. The third-order valence-corrected chi connectivity index (χ3v) is 9.54. The minimum atomic E-state index is -4.21. The molecular formula is C34H30FN3O6S. The Morgan fingerprint density at radius 2 is 1.62 bits per heavy atom. The third kappa shape index (κ3) is 5.62. The molecule has 45 heavy (non-hydrogen) atoms. The van der Waals surface area contributed by atoms with Gasteiger partial charge in [0.25, 0.3) is 10.0 Å². The molecule has 230 valence electrons. The molecule has 11 heteroatoms. The van der Waals surface area contributed by atoms with Gasteiger partial charge in [-0.15, -0.1) is 0 Å². The van der Waals surface area contributed by atoms with Crippen molar-refractivity contribution in [2.45, 2.75) is 24.3 Å². The van der Waals surface area contributed by atoms with Gasteiger partial charge >= 0.3 is 6.03 Å². The van der Waals surface area contributed by atoms with Gasteiger partial charge in [0, 0.05) is 29.9 Å². The van der Waals surface area contributed by atoms with Crippen LogP contribution in [0.2, 0.25) is 0 Å². The van der Waals surface area contributed by atoms with E-state index in [1.165, 1.54) is 55.6 Å². The number of nitrogens with zero attached hydrogens (tertiary/aromatic N) is 3. The van der Waals surface area contributed by atoms with Crippen LogP contribution in [0.25, 0.3) is 10.9 Å². The molecule has 9 nitrogen and oxygen atoms in total. The van der Waals surface area contributed by atoms with E-state index in [0.29, 0.717) is 34.6 Å². The summed E-state index contributed by atoms with van der Waals surface area (Å²) in [6.07, 6.45) is 1.81. The molecule has 1 fully saturated rings. The SMILES string of the molecule is COc1ccc2c(Oc3ccc(N4CC(Cc5ccccc5)N(S(=O)(=O)c5ccc(C)cc5)C4=O)cc3F)ccnc2c1OC. The zero-order valence-corrected chi connectivity index (χ0v) is 25.6. The first kappa shape index (κ1) is 29.9. The highest BCUT2D eigenvalue weighted by Crippen LogP contribution is 2.40. The third-order valence-electron chi connectivity index (χ3n) is 7.70. The highest BCUT2D eigenvalue weighted by atomic mass is 32.2. The van der Waals surface area contributed by atoms with Crippen LogP contribution in [-0.4, -0.2) is 50.5 Å². The van der Waals surface area contributed by atoms with Crippen LogP contribution in [-0.2, 0) is 16.4 Å². The number of aryl methyl sites for hydroxylation is 1. The second kappa shape index (κ2) is 12.1. The lowest BCUT2D eigenvalue weighted by Gasteiger charge is -2.23. The molecule has 0 spiro atoms. The number of benzene rings is 4. The minimum Gasteiger partial charge on any atom is -0.493 e. The van der Waals surface area contributed by atoms with E-state index in [0.717, 1.165) is 15.4 Å². The molecule has 0 aliphatic carbocycles. The van der Waals surface area contributed by atoms with Crippen LogP contribution >= 0.6 is 0 Å². The number of amides is 2. The number of methoxy groups -OCH3 is 2. The molecule has 2 amide bonds. The first-order valence-electron chi connectivity index (χ1n) is 14.1. The fraction of sp³-hybridized carbons (Fsp3) is 0.176. The van der Waals surface area contributed by atoms with Crippen LogP contribution in [0, 0.1) is 12.7 Å². The van der Waals surface area contributed by atoms with Gasteiger partial charge in [-0.05, 0) is 61.4 Å². The summed E-state index contributed by atoms with van der Waals surface area (Å²) in [4.78, 5) is 19.5. The van der Waals surface area contributed by atoms with E-state index in [1.807, 2.05) is 37.3 Å². The van der Waals surface area contributed by atoms with E-state index in [9.17, 15) is 13.2 Å². The minimum absolute atomic E-state index is 0.00937. The number of fused-ring (bicyclic) bond motifs is 1. The summed E-state index contributed by atoms with van der Waals surface area (Å²) in [5.41, 5.74) is 2.44. The maximum Gasteiger partial charge on any atom is 0.338 e. The summed E-state index contributed by atoms with van der Waals surface area (Å²) < 4.78 is 60.9. The summed E-state index contributed by atoms with van der Waals surface area (Å²) in [6.45, 7) is 1.89. The normalized spacial score (nSPS) is 15.0. The molecule has 1 aliphatic rings. The predicted octanol–water partition coefficient (Wildman–Crippen LogP) is 6.73. The number of urea groups is 1. The molecule has 1 aliphatic heterocycles. The highest BCUT2D eigenvalue weighted by Gasteiger charge is 2.45. The van der Waals surface area contributed by atoms with Gasteiger partial charge in [-0.3, -0.25) is 9.88 Å². The Bertz CT molecular complexity index is 1990. The monoisotopic (exact) mass is 627 g/mol. The van der Waals surface area contributed by atoms with Gasteiger partial charge < -0.3 is 14.2 Å². The van der Waals surface area contributed by atoms with E-state index in [2.05, 4.69) is 4.98 Å². The van der Waals surface area contributed by atoms with Crippen LogP contribution in [0.4, 0.5) is 14.9 Å². The number of anilines is 1. The van der Waals surface area contributed by atoms with E-state index in [4.69, 9.17) is 14.2 Å². The second-order valence-electron chi connectivity index (χ2n) is 10.6. The standard InChI is InChI=1S/C34H30FN3O6S/c1-22-9-12-26(13-10-22)45(40,41)38-25(19-23-7-5-4-6-8-23)21-37(34(38)39)24-11-15-30(28(35)20-24)44-29-17-18-36-32-27(29)14-16-31(42-2)33(32)43-3/h4-18,20,25H,19,21H2,1-3H3. The van der Waals surface area contributed by atoms with Crippen molar-refractivity contribution in [1.29, 1.82) is 0 Å². The first-order chi connectivity index (χ1) is 21.7. The summed E-state index contributed by atoms with van der Waals surface area (Å²) in [6, 6.07) is 23.4. The van der Waals surface area contributed by atoms with Crippen LogP contribution in [0.15, 0.2) is 102 Å². The Balaban J connectivity index is 1.32. The quantitative estimate of drug-likeness (QED) is 0.179. The zero-order valence-electron chi connectivity index (χ0n) is 24.8. The molecule has 2 heterocycles. The van der Waals surface area contributed by atoms with Gasteiger partial charge in [-0.25, -0.2) is 21.9 Å². The Morgan fingerprint density at radius 1 is 0.889 bits per heavy atom. The Hall–Kier alpha value is -5.16. The van der Waals surface area contributed by atoms with Crippen molar-refractivity contribution in [3.05, 3.63) is 114 Å². The maximum atomic E-state index is 15.6. The zero-order chi connectivity index (χ0) is 31.7. The summed E-state index contributed by atoms with van der Waals surface area (Å²) >= 11 is 0. The van der Waals surface area contributed by atoms with Gasteiger partial charge in [-0.2, -0.15) is 0 Å². The Labute approximate surface area is 260 Å². The number of pyridine rings is 1. The van der Waals surface area contributed by atoms with Crippen molar-refractivity contribution in [2.24, 2.45) is 0 Å². The molecule has 1 unspecified atom stereocenters. The molecule has 6 rings (SSSR count). The molecule has 0 saturated carbocycles. The number of rotatable bonds is 9. The number of hydrogen-bond acceptors (Lipinski definition) is 7. The molecule has 1 aromatic heterocycles. The van der Waals surface area contributed by atoms with E-state index < -0.39 is 27.9 Å². The molecule has 1 saturated heterocycles. The van der Waals surface area contributed by atoms with Crippen molar-refractivity contribution >= 4 is 32.6 Å². The fourth-order valence-corrected chi connectivity index (χ4v) is 7.01. The van der Waals surface area contributed by atoms with Crippen molar-refractivity contribution in [3.8, 4) is 23.0 Å². The smallest absolute Gasteiger partial charge is 0.338 e. The molecule has 5 aromatic rings. The van der Waals surface area contributed by atoms with Crippen LogP contribution in [0.1, 0.15) is 11.1 Å². The van der Waals surface area contributed by atoms with E-state index in [1.54, 1.807) is 30.3 Å². The Kier molecular flexibility index (Phi) is 8.03. The molecule has 0 bridgehead atoms. The second-order valence-corrected chi connectivity index (χ2v) is 12.4. The summed E-state index contributed by atoms with van der Waals surface area (Å²) in [5, 5.41) is 0.578. The summed E-state index contributed by atoms with van der Waals surface area (Å²) in [7, 11) is -1.18. The van der Waals surface area contributed by atoms with Gasteiger partial charge in [0.15, 0.2) is 23.1 Å². The van der Waals surface area contributed by atoms with Crippen molar-refractivity contribution < 1.29 is 31.8 Å². The number of carbonyl (C=O) groups excluding carboxylic acids is 1. The average Bonchev–Trinajstić information content (AvgIpc) is 3.38. The van der Waals surface area contributed by atoms with Crippen molar-refractivity contribution in [1.82, 2.24) is 9.29 Å². The molecule has 0 N–H and O–H groups in total. The largest absolute Gasteiger partial charge is 0.493 e. The highest BCUT2D eigenvalue weighted by molar-refractivity contribution is 7.89. The molecular weight excluding hydrogens is 597 g/mol. The Morgan fingerprint density at radius 3 is 2.31 bits per heavy atom. The first-order valence-corrected chi connectivity index (χ1v) is 15.6. The lowest BCUT2D eigenvalue weighted by atomic mass is 10.1. The number of halogens is 1.